The van der Waals surface area contributed by atoms with Crippen LogP contribution in [-0.2, 0) is 9.47 Å². The van der Waals surface area contributed by atoms with E-state index in [4.69, 9.17) is 9.47 Å². The molecule has 1 aromatic rings. The number of ether oxygens (including phenoxy) is 2. The Morgan fingerprint density at radius 3 is 1.47 bits per heavy atom. The summed E-state index contributed by atoms with van der Waals surface area (Å²) >= 11 is 0. The van der Waals surface area contributed by atoms with Crippen LogP contribution >= 0.6 is 12.4 Å². The van der Waals surface area contributed by atoms with Gasteiger partial charge < -0.3 is 9.47 Å². The molecular formula is C12H13ClO4. The fourth-order valence-electron chi connectivity index (χ4n) is 1.44. The summed E-state index contributed by atoms with van der Waals surface area (Å²) in [7, 11) is 0. The van der Waals surface area contributed by atoms with E-state index in [9.17, 15) is 9.59 Å². The maximum Gasteiger partial charge on any atom is 0.338 e. The third-order valence-electron chi connectivity index (χ3n) is 2.36. The monoisotopic (exact) mass is 256 g/mol. The summed E-state index contributed by atoms with van der Waals surface area (Å²) in [6.07, 6.45) is 1.41. The number of hydrogen-bond donors (Lipinski definition) is 0. The molecule has 0 saturated heterocycles. The van der Waals surface area contributed by atoms with E-state index in [0.29, 0.717) is 37.2 Å². The number of carbonyl (C=O) groups is 2. The highest BCUT2D eigenvalue weighted by Crippen LogP contribution is 2.09. The highest BCUT2D eigenvalue weighted by atomic mass is 35.5. The fraction of sp³-hybridized carbons (Fsp3) is 0.333. The van der Waals surface area contributed by atoms with E-state index in [1.807, 2.05) is 0 Å². The van der Waals surface area contributed by atoms with Crippen molar-refractivity contribution < 1.29 is 19.1 Å². The summed E-state index contributed by atoms with van der Waals surface area (Å²) in [6.45, 7) is 0.719. The molecule has 0 radical (unpaired) electrons. The first-order valence-corrected chi connectivity index (χ1v) is 5.22. The van der Waals surface area contributed by atoms with Crippen LogP contribution in [-0.4, -0.2) is 25.2 Å². The standard InChI is InChI=1S/C12H12O4.ClH/c13-11-9-3-5-10(6-4-9)12(14)16-8-2-1-7-15-11;/h3-6H,1-2,7-8H2;1H. The predicted molar refractivity (Wildman–Crippen MR) is 63.5 cm³/mol. The summed E-state index contributed by atoms with van der Waals surface area (Å²) in [4.78, 5) is 23.0. The number of hydrogen-bond acceptors (Lipinski definition) is 4. The first-order chi connectivity index (χ1) is 7.77. The molecule has 5 heteroatoms. The molecule has 0 aromatic heterocycles. The van der Waals surface area contributed by atoms with Crippen LogP contribution in [0.3, 0.4) is 0 Å². The van der Waals surface area contributed by atoms with E-state index >= 15 is 0 Å². The molecule has 0 aliphatic carbocycles. The van der Waals surface area contributed by atoms with Gasteiger partial charge in [-0.2, -0.15) is 0 Å². The lowest BCUT2D eigenvalue weighted by atomic mass is 10.1. The molecule has 0 N–H and O–H groups in total. The second-order valence-corrected chi connectivity index (χ2v) is 3.56. The first-order valence-electron chi connectivity index (χ1n) is 5.22. The van der Waals surface area contributed by atoms with E-state index in [1.165, 1.54) is 0 Å². The fourth-order valence-corrected chi connectivity index (χ4v) is 1.44. The molecule has 17 heavy (non-hydrogen) atoms. The molecule has 0 fully saturated rings. The van der Waals surface area contributed by atoms with Crippen LogP contribution in [0.5, 0.6) is 0 Å². The van der Waals surface area contributed by atoms with Gasteiger partial charge in [-0.1, -0.05) is 0 Å². The number of esters is 2. The molecule has 0 unspecified atom stereocenters. The van der Waals surface area contributed by atoms with Crippen LogP contribution in [0, 0.1) is 0 Å². The molecule has 1 aromatic carbocycles. The number of fused-ring (bicyclic) bond motifs is 9. The summed E-state index contributed by atoms with van der Waals surface area (Å²) in [5.74, 6) is -0.694. The lowest BCUT2D eigenvalue weighted by Crippen LogP contribution is -2.12. The number of carbonyl (C=O) groups excluding carboxylic acids is 2. The number of rotatable bonds is 0. The maximum atomic E-state index is 11.5. The Kier molecular flexibility index (Phi) is 4.97. The molecule has 3 rings (SSSR count). The Bertz CT molecular complexity index is 360. The molecule has 92 valence electrons. The highest BCUT2D eigenvalue weighted by Gasteiger charge is 2.12. The van der Waals surface area contributed by atoms with Gasteiger partial charge in [0.15, 0.2) is 0 Å². The largest absolute Gasteiger partial charge is 0.462 e. The molecule has 0 amide bonds. The third-order valence-corrected chi connectivity index (χ3v) is 2.36. The van der Waals surface area contributed by atoms with Crippen LogP contribution in [0.25, 0.3) is 0 Å². The zero-order valence-electron chi connectivity index (χ0n) is 9.18. The van der Waals surface area contributed by atoms with E-state index in [1.54, 1.807) is 24.3 Å². The van der Waals surface area contributed by atoms with Crippen molar-refractivity contribution in [1.82, 2.24) is 0 Å². The van der Waals surface area contributed by atoms with Gasteiger partial charge >= 0.3 is 11.9 Å². The molecule has 0 spiro atoms. The maximum absolute atomic E-state index is 11.5. The lowest BCUT2D eigenvalue weighted by molar-refractivity contribution is 0.0427. The Hall–Kier alpha value is -1.55. The Balaban J connectivity index is 0.00000144. The minimum absolute atomic E-state index is 0. The average Bonchev–Trinajstić information content (AvgIpc) is 2.31. The Morgan fingerprint density at radius 1 is 0.765 bits per heavy atom. The normalized spacial score (nSPS) is 16.0. The molecule has 2 heterocycles. The van der Waals surface area contributed by atoms with Crippen LogP contribution in [0.15, 0.2) is 24.3 Å². The molecule has 0 atom stereocenters. The molecular weight excluding hydrogens is 244 g/mol. The lowest BCUT2D eigenvalue weighted by Gasteiger charge is -2.09. The van der Waals surface area contributed by atoms with Crippen LogP contribution in [0.1, 0.15) is 33.6 Å². The van der Waals surface area contributed by atoms with Gasteiger partial charge in [-0.3, -0.25) is 0 Å². The predicted octanol–water partition coefficient (Wildman–Crippen LogP) is 2.22. The van der Waals surface area contributed by atoms with Gasteiger partial charge in [0.2, 0.25) is 0 Å². The summed E-state index contributed by atoms with van der Waals surface area (Å²) in [5.41, 5.74) is 0.911. The van der Waals surface area contributed by atoms with Crippen molar-refractivity contribution in [3.05, 3.63) is 35.4 Å². The van der Waals surface area contributed by atoms with Crippen molar-refractivity contribution in [1.29, 1.82) is 0 Å². The van der Waals surface area contributed by atoms with E-state index in [0.717, 1.165) is 0 Å². The molecule has 4 nitrogen and oxygen atoms in total. The van der Waals surface area contributed by atoms with Crippen LogP contribution in [0.4, 0.5) is 0 Å². The quantitative estimate of drug-likeness (QED) is 0.668. The van der Waals surface area contributed by atoms with Gasteiger partial charge in [0, 0.05) is 0 Å². The molecule has 0 saturated carbocycles. The highest BCUT2D eigenvalue weighted by molar-refractivity contribution is 5.93. The minimum atomic E-state index is -0.347. The van der Waals surface area contributed by atoms with E-state index < -0.39 is 0 Å². The van der Waals surface area contributed by atoms with Gasteiger partial charge in [0.05, 0.1) is 24.3 Å². The van der Waals surface area contributed by atoms with Crippen molar-refractivity contribution in [2.24, 2.45) is 0 Å². The summed E-state index contributed by atoms with van der Waals surface area (Å²) in [5, 5.41) is 0. The van der Waals surface area contributed by atoms with Crippen molar-refractivity contribution in [3.63, 3.8) is 0 Å². The summed E-state index contributed by atoms with van der Waals surface area (Å²) in [6, 6.07) is 6.28. The second kappa shape index (κ2) is 6.25. The van der Waals surface area contributed by atoms with E-state index in [2.05, 4.69) is 0 Å². The topological polar surface area (TPSA) is 52.6 Å². The Morgan fingerprint density at radius 2 is 1.12 bits per heavy atom. The third kappa shape index (κ3) is 3.46. The summed E-state index contributed by atoms with van der Waals surface area (Å²) < 4.78 is 10.1. The van der Waals surface area contributed by atoms with E-state index in [-0.39, 0.29) is 24.3 Å². The minimum Gasteiger partial charge on any atom is -0.462 e. The first kappa shape index (κ1) is 13.5. The van der Waals surface area contributed by atoms with Crippen LogP contribution < -0.4 is 0 Å². The van der Waals surface area contributed by atoms with Crippen molar-refractivity contribution in [3.8, 4) is 0 Å². The van der Waals surface area contributed by atoms with Gasteiger partial charge in [-0.25, -0.2) is 9.59 Å². The Labute approximate surface area is 105 Å². The smallest absolute Gasteiger partial charge is 0.338 e. The van der Waals surface area contributed by atoms with Crippen molar-refractivity contribution in [2.45, 2.75) is 12.8 Å². The van der Waals surface area contributed by atoms with Gasteiger partial charge in [0.1, 0.15) is 0 Å². The number of benzene rings is 1. The van der Waals surface area contributed by atoms with Gasteiger partial charge in [-0.05, 0) is 37.1 Å². The molecule has 2 aliphatic heterocycles. The zero-order valence-corrected chi connectivity index (χ0v) is 10.00. The van der Waals surface area contributed by atoms with Crippen LogP contribution in [0.2, 0.25) is 0 Å². The second-order valence-electron chi connectivity index (χ2n) is 3.56. The zero-order chi connectivity index (χ0) is 11.4. The molecule has 2 bridgehead atoms. The number of halogens is 1. The van der Waals surface area contributed by atoms with Crippen molar-refractivity contribution >= 4 is 24.3 Å². The van der Waals surface area contributed by atoms with Gasteiger partial charge in [0.25, 0.3) is 0 Å². The van der Waals surface area contributed by atoms with Crippen molar-refractivity contribution in [2.75, 3.05) is 13.2 Å². The average molecular weight is 257 g/mol. The van der Waals surface area contributed by atoms with Gasteiger partial charge in [-0.15, -0.1) is 12.4 Å². The SMILES string of the molecule is Cl.O=C1OCCCCOC(=O)c2ccc1cc2. The molecule has 2 aliphatic rings.